The van der Waals surface area contributed by atoms with Crippen LogP contribution in [0.3, 0.4) is 0 Å². The smallest absolute Gasteiger partial charge is 0.164 e. The highest BCUT2D eigenvalue weighted by atomic mass is 16.5. The highest BCUT2D eigenvalue weighted by Crippen LogP contribution is 2.15. The second-order valence-electron chi connectivity index (χ2n) is 7.95. The Morgan fingerprint density at radius 2 is 1.56 bits per heavy atom. The molecule has 0 unspecified atom stereocenters. The van der Waals surface area contributed by atoms with Crippen LogP contribution in [0.1, 0.15) is 42.5 Å². The fourth-order valence-electron chi connectivity index (χ4n) is 3.87. The third-order valence-corrected chi connectivity index (χ3v) is 5.76. The first kappa shape index (κ1) is 20.3. The van der Waals surface area contributed by atoms with E-state index < -0.39 is 0 Å². The number of likely N-dealkylation sites (tertiary alicyclic amines) is 1. The molecule has 0 aromatic heterocycles. The van der Waals surface area contributed by atoms with Crippen LogP contribution in [-0.2, 0) is 0 Å². The number of rotatable bonds is 9. The Morgan fingerprint density at radius 3 is 2.26 bits per heavy atom. The van der Waals surface area contributed by atoms with Crippen molar-refractivity contribution in [3.63, 3.8) is 0 Å². The molecule has 0 aliphatic carbocycles. The molecule has 2 aliphatic heterocycles. The monoisotopic (exact) mass is 373 g/mol. The van der Waals surface area contributed by atoms with Gasteiger partial charge in [0.05, 0.1) is 6.61 Å². The van der Waals surface area contributed by atoms with Gasteiger partial charge in [-0.3, -0.25) is 4.79 Å². The molecule has 0 bridgehead atoms. The van der Waals surface area contributed by atoms with Crippen LogP contribution >= 0.6 is 0 Å². The van der Waals surface area contributed by atoms with E-state index in [1.54, 1.807) is 0 Å². The lowest BCUT2D eigenvalue weighted by atomic mass is 10.1. The fraction of sp³-hybridized carbons (Fsp3) is 0.682. The molecule has 0 spiro atoms. The summed E-state index contributed by atoms with van der Waals surface area (Å²) in [5.41, 5.74) is 0.796. The number of hydrogen-bond acceptors (Lipinski definition) is 5. The summed E-state index contributed by atoms with van der Waals surface area (Å²) in [4.78, 5) is 19.7. The molecule has 5 nitrogen and oxygen atoms in total. The molecular formula is C22H35N3O2. The van der Waals surface area contributed by atoms with Crippen LogP contribution in [0.15, 0.2) is 24.3 Å². The van der Waals surface area contributed by atoms with Crippen molar-refractivity contribution >= 4 is 5.78 Å². The van der Waals surface area contributed by atoms with E-state index in [0.29, 0.717) is 6.42 Å². The number of carbonyl (C=O) groups excluding carboxylic acids is 1. The van der Waals surface area contributed by atoms with Crippen LogP contribution in [0, 0.1) is 0 Å². The summed E-state index contributed by atoms with van der Waals surface area (Å²) in [6, 6.07) is 7.69. The number of carbonyl (C=O) groups is 1. The molecule has 0 amide bonds. The topological polar surface area (TPSA) is 36.0 Å². The summed E-state index contributed by atoms with van der Waals surface area (Å²) in [6.07, 6.45) is 5.72. The average Bonchev–Trinajstić information content (AvgIpc) is 2.72. The quantitative estimate of drug-likeness (QED) is 0.491. The van der Waals surface area contributed by atoms with E-state index in [-0.39, 0.29) is 5.78 Å². The predicted octanol–water partition coefficient (Wildman–Crippen LogP) is 2.76. The average molecular weight is 374 g/mol. The Kier molecular flexibility index (Phi) is 8.11. The van der Waals surface area contributed by atoms with Crippen molar-refractivity contribution in [2.75, 3.05) is 66.0 Å². The maximum atomic E-state index is 12.4. The molecule has 27 heavy (non-hydrogen) atoms. The van der Waals surface area contributed by atoms with Gasteiger partial charge in [-0.15, -0.1) is 0 Å². The van der Waals surface area contributed by atoms with E-state index in [0.717, 1.165) is 63.6 Å². The molecule has 2 saturated heterocycles. The third-order valence-electron chi connectivity index (χ3n) is 5.76. The number of ketones is 1. The second-order valence-corrected chi connectivity index (χ2v) is 7.95. The Bertz CT molecular complexity index is 561. The highest BCUT2D eigenvalue weighted by molar-refractivity contribution is 5.96. The minimum absolute atomic E-state index is 0.227. The van der Waals surface area contributed by atoms with E-state index >= 15 is 0 Å². The van der Waals surface area contributed by atoms with E-state index in [9.17, 15) is 4.79 Å². The molecule has 0 atom stereocenters. The van der Waals surface area contributed by atoms with Crippen LogP contribution < -0.4 is 4.74 Å². The van der Waals surface area contributed by atoms with Gasteiger partial charge in [-0.1, -0.05) is 6.42 Å². The summed E-state index contributed by atoms with van der Waals surface area (Å²) >= 11 is 0. The minimum Gasteiger partial charge on any atom is -0.494 e. The first-order valence-electron chi connectivity index (χ1n) is 10.6. The number of nitrogens with zero attached hydrogens (tertiary/aromatic N) is 3. The molecular weight excluding hydrogens is 338 g/mol. The normalized spacial score (nSPS) is 19.9. The molecule has 3 rings (SSSR count). The van der Waals surface area contributed by atoms with Gasteiger partial charge in [0.2, 0.25) is 0 Å². The number of Topliss-reactive ketones (excluding diaryl/α,β-unsaturated/α-hetero) is 1. The maximum Gasteiger partial charge on any atom is 0.164 e. The lowest BCUT2D eigenvalue weighted by Gasteiger charge is -2.32. The molecule has 1 aromatic rings. The molecule has 2 fully saturated rings. The second kappa shape index (κ2) is 10.8. The van der Waals surface area contributed by atoms with Crippen LogP contribution in [0.4, 0.5) is 0 Å². The van der Waals surface area contributed by atoms with E-state index in [1.807, 2.05) is 24.3 Å². The number of likely N-dealkylation sites (N-methyl/N-ethyl adjacent to an activating group) is 1. The van der Waals surface area contributed by atoms with Crippen LogP contribution in [0.5, 0.6) is 5.75 Å². The Hall–Kier alpha value is -1.43. The van der Waals surface area contributed by atoms with Gasteiger partial charge in [-0.05, 0) is 63.7 Å². The molecule has 2 aliphatic rings. The Labute approximate surface area is 164 Å². The molecule has 2 heterocycles. The first-order chi connectivity index (χ1) is 13.2. The maximum absolute atomic E-state index is 12.4. The Morgan fingerprint density at radius 1 is 0.889 bits per heavy atom. The SMILES string of the molecule is CN1CCN(CCC(=O)c2ccc(OCCCN3CCCCC3)cc2)CC1. The van der Waals surface area contributed by atoms with E-state index in [4.69, 9.17) is 4.74 Å². The molecule has 0 N–H and O–H groups in total. The van der Waals surface area contributed by atoms with Gasteiger partial charge in [0.25, 0.3) is 0 Å². The zero-order valence-corrected chi connectivity index (χ0v) is 16.9. The van der Waals surface area contributed by atoms with Crippen molar-refractivity contribution in [2.24, 2.45) is 0 Å². The zero-order valence-electron chi connectivity index (χ0n) is 16.9. The van der Waals surface area contributed by atoms with Crippen molar-refractivity contribution < 1.29 is 9.53 Å². The van der Waals surface area contributed by atoms with Gasteiger partial charge < -0.3 is 19.4 Å². The largest absolute Gasteiger partial charge is 0.494 e. The highest BCUT2D eigenvalue weighted by Gasteiger charge is 2.15. The van der Waals surface area contributed by atoms with Crippen molar-refractivity contribution in [1.82, 2.24) is 14.7 Å². The van der Waals surface area contributed by atoms with Crippen molar-refractivity contribution in [1.29, 1.82) is 0 Å². The van der Waals surface area contributed by atoms with Crippen molar-refractivity contribution in [2.45, 2.75) is 32.1 Å². The van der Waals surface area contributed by atoms with E-state index in [1.165, 1.54) is 32.4 Å². The first-order valence-corrected chi connectivity index (χ1v) is 10.6. The van der Waals surface area contributed by atoms with Crippen molar-refractivity contribution in [3.05, 3.63) is 29.8 Å². The predicted molar refractivity (Wildman–Crippen MR) is 110 cm³/mol. The van der Waals surface area contributed by atoms with Gasteiger partial charge in [0.15, 0.2) is 5.78 Å². The summed E-state index contributed by atoms with van der Waals surface area (Å²) in [7, 11) is 2.15. The molecule has 150 valence electrons. The Balaban J connectivity index is 1.33. The number of ether oxygens (including phenoxy) is 1. The van der Waals surface area contributed by atoms with Crippen molar-refractivity contribution in [3.8, 4) is 5.75 Å². The summed E-state index contributed by atoms with van der Waals surface area (Å²) < 4.78 is 5.85. The minimum atomic E-state index is 0.227. The standard InChI is InChI=1S/C22H35N3O2/c1-23-15-17-25(18-16-23)14-10-22(26)20-6-8-21(9-7-20)27-19-5-13-24-11-3-2-4-12-24/h6-9H,2-5,10-19H2,1H3. The third kappa shape index (κ3) is 6.91. The van der Waals surface area contributed by atoms with Crippen LogP contribution in [0.25, 0.3) is 0 Å². The molecule has 5 heteroatoms. The van der Waals surface area contributed by atoms with Gasteiger partial charge >= 0.3 is 0 Å². The number of piperazine rings is 1. The number of piperidine rings is 1. The lowest BCUT2D eigenvalue weighted by molar-refractivity contribution is 0.0942. The summed E-state index contributed by atoms with van der Waals surface area (Å²) in [5.74, 6) is 1.09. The van der Waals surface area contributed by atoms with Crippen LogP contribution in [-0.4, -0.2) is 86.5 Å². The molecule has 1 aromatic carbocycles. The van der Waals surface area contributed by atoms with Gasteiger partial charge in [-0.25, -0.2) is 0 Å². The number of benzene rings is 1. The summed E-state index contributed by atoms with van der Waals surface area (Å²) in [5, 5.41) is 0. The fourth-order valence-corrected chi connectivity index (χ4v) is 3.87. The summed E-state index contributed by atoms with van der Waals surface area (Å²) in [6.45, 7) is 9.53. The molecule has 0 saturated carbocycles. The van der Waals surface area contributed by atoms with Gasteiger partial charge in [0, 0.05) is 51.3 Å². The zero-order chi connectivity index (χ0) is 18.9. The lowest BCUT2D eigenvalue weighted by Crippen LogP contribution is -2.45. The number of hydrogen-bond donors (Lipinski definition) is 0. The van der Waals surface area contributed by atoms with Gasteiger partial charge in [-0.2, -0.15) is 0 Å². The van der Waals surface area contributed by atoms with E-state index in [2.05, 4.69) is 21.7 Å². The van der Waals surface area contributed by atoms with Crippen LogP contribution in [0.2, 0.25) is 0 Å². The molecule has 0 radical (unpaired) electrons. The van der Waals surface area contributed by atoms with Gasteiger partial charge in [0.1, 0.15) is 5.75 Å².